The number of carbonyl (C=O) groups is 1. The van der Waals surface area contributed by atoms with Crippen LogP contribution >= 0.6 is 15.9 Å². The van der Waals surface area contributed by atoms with Gasteiger partial charge in [0.25, 0.3) is 0 Å². The van der Waals surface area contributed by atoms with Gasteiger partial charge in [0.05, 0.1) is 4.90 Å². The first-order chi connectivity index (χ1) is 10.7. The molecule has 0 radical (unpaired) electrons. The second-order valence-corrected chi connectivity index (χ2v) is 10.1. The Morgan fingerprint density at radius 3 is 2.17 bits per heavy atom. The number of halogens is 1. The van der Waals surface area contributed by atoms with E-state index in [2.05, 4.69) is 15.9 Å². The summed E-state index contributed by atoms with van der Waals surface area (Å²) < 4.78 is 25.2. The summed E-state index contributed by atoms with van der Waals surface area (Å²) >= 11 is 3.30. The van der Waals surface area contributed by atoms with Gasteiger partial charge in [-0.2, -0.15) is 0 Å². The van der Waals surface area contributed by atoms with Crippen molar-refractivity contribution in [2.45, 2.75) is 61.6 Å². The molecule has 0 bridgehead atoms. The molecule has 0 spiro atoms. The van der Waals surface area contributed by atoms with Crippen LogP contribution in [0.2, 0.25) is 0 Å². The minimum absolute atomic E-state index is 0.149. The monoisotopic (exact) mass is 401 g/mol. The van der Waals surface area contributed by atoms with Gasteiger partial charge in [-0.15, -0.1) is 0 Å². The fourth-order valence-electron chi connectivity index (χ4n) is 3.08. The first kappa shape index (κ1) is 18.5. The minimum atomic E-state index is -3.75. The van der Waals surface area contributed by atoms with E-state index in [0.29, 0.717) is 0 Å². The maximum atomic E-state index is 12.9. The average Bonchev–Trinajstić information content (AvgIpc) is 2.54. The van der Waals surface area contributed by atoms with E-state index in [9.17, 15) is 13.2 Å². The lowest BCUT2D eigenvalue weighted by Gasteiger charge is -2.36. The van der Waals surface area contributed by atoms with Crippen LogP contribution in [-0.4, -0.2) is 37.1 Å². The van der Waals surface area contributed by atoms with Crippen molar-refractivity contribution in [3.8, 4) is 0 Å². The Bertz CT molecular complexity index is 662. The molecule has 0 aromatic heterocycles. The van der Waals surface area contributed by atoms with Crippen molar-refractivity contribution in [2.24, 2.45) is 0 Å². The quantitative estimate of drug-likeness (QED) is 0.770. The normalized spacial score (nSPS) is 17.0. The van der Waals surface area contributed by atoms with Gasteiger partial charge < -0.3 is 4.90 Å². The third kappa shape index (κ3) is 3.63. The van der Waals surface area contributed by atoms with Gasteiger partial charge in [0.2, 0.25) is 5.91 Å². The van der Waals surface area contributed by atoms with Crippen LogP contribution in [0.1, 0.15) is 46.0 Å². The first-order valence-corrected chi connectivity index (χ1v) is 10.2. The standard InChI is InChI=1S/C17H24BrNO3S/c1-17(2,16(20)19(3)14-7-5-4-6-8-14)23(21,22)15-11-9-13(18)10-12-15/h9-12,14H,4-8H2,1-3H3. The van der Waals surface area contributed by atoms with Crippen molar-refractivity contribution in [1.29, 1.82) is 0 Å². The van der Waals surface area contributed by atoms with Gasteiger partial charge in [-0.25, -0.2) is 8.42 Å². The number of amides is 1. The summed E-state index contributed by atoms with van der Waals surface area (Å²) in [6.07, 6.45) is 5.30. The van der Waals surface area contributed by atoms with E-state index in [1.54, 1.807) is 24.1 Å². The van der Waals surface area contributed by atoms with Crippen molar-refractivity contribution in [3.05, 3.63) is 28.7 Å². The molecule has 4 nitrogen and oxygen atoms in total. The summed E-state index contributed by atoms with van der Waals surface area (Å²) in [4.78, 5) is 14.7. The summed E-state index contributed by atoms with van der Waals surface area (Å²) in [5.74, 6) is -0.327. The van der Waals surface area contributed by atoms with Crippen molar-refractivity contribution in [3.63, 3.8) is 0 Å². The predicted molar refractivity (Wildman–Crippen MR) is 95.0 cm³/mol. The molecule has 1 aromatic carbocycles. The van der Waals surface area contributed by atoms with E-state index in [1.807, 2.05) is 0 Å². The summed E-state index contributed by atoms with van der Waals surface area (Å²) in [6, 6.07) is 6.58. The minimum Gasteiger partial charge on any atom is -0.341 e. The maximum absolute atomic E-state index is 12.9. The number of hydrogen-bond acceptors (Lipinski definition) is 3. The zero-order valence-corrected chi connectivity index (χ0v) is 16.3. The molecule has 23 heavy (non-hydrogen) atoms. The van der Waals surface area contributed by atoms with Crippen LogP contribution in [0.15, 0.2) is 33.6 Å². The highest BCUT2D eigenvalue weighted by atomic mass is 79.9. The Kier molecular flexibility index (Phi) is 5.56. The number of sulfone groups is 1. The predicted octanol–water partition coefficient (Wildman–Crippen LogP) is 3.79. The van der Waals surface area contributed by atoms with Crippen molar-refractivity contribution in [1.82, 2.24) is 4.90 Å². The number of hydrogen-bond donors (Lipinski definition) is 0. The van der Waals surface area contributed by atoms with Crippen LogP contribution < -0.4 is 0 Å². The molecule has 0 heterocycles. The molecule has 1 aliphatic rings. The fraction of sp³-hybridized carbons (Fsp3) is 0.588. The Balaban J connectivity index is 2.27. The largest absolute Gasteiger partial charge is 0.341 e. The van der Waals surface area contributed by atoms with Crippen LogP contribution in [0.5, 0.6) is 0 Å². The molecule has 1 amide bonds. The molecule has 2 rings (SSSR count). The highest BCUT2D eigenvalue weighted by Crippen LogP contribution is 2.30. The lowest BCUT2D eigenvalue weighted by Crippen LogP contribution is -2.52. The third-order valence-corrected chi connectivity index (χ3v) is 7.69. The number of carbonyl (C=O) groups excluding carboxylic acids is 1. The lowest BCUT2D eigenvalue weighted by atomic mass is 9.94. The molecular weight excluding hydrogens is 378 g/mol. The van der Waals surface area contributed by atoms with Crippen LogP contribution in [0.25, 0.3) is 0 Å². The van der Waals surface area contributed by atoms with E-state index in [4.69, 9.17) is 0 Å². The summed E-state index contributed by atoms with van der Waals surface area (Å²) in [7, 11) is -2.02. The molecule has 128 valence electrons. The molecule has 1 saturated carbocycles. The SMILES string of the molecule is CN(C(=O)C(C)(C)S(=O)(=O)c1ccc(Br)cc1)C1CCCCC1. The third-order valence-electron chi connectivity index (χ3n) is 4.75. The Morgan fingerprint density at radius 1 is 1.13 bits per heavy atom. The number of benzene rings is 1. The van der Waals surface area contributed by atoms with E-state index >= 15 is 0 Å². The zero-order chi connectivity index (χ0) is 17.3. The zero-order valence-electron chi connectivity index (χ0n) is 13.9. The molecule has 6 heteroatoms. The summed E-state index contributed by atoms with van der Waals surface area (Å²) in [5.41, 5.74) is 0. The van der Waals surface area contributed by atoms with Crippen LogP contribution in [-0.2, 0) is 14.6 Å². The van der Waals surface area contributed by atoms with Gasteiger partial charge in [-0.3, -0.25) is 4.79 Å². The smallest absolute Gasteiger partial charge is 0.243 e. The molecular formula is C17H24BrNO3S. The summed E-state index contributed by atoms with van der Waals surface area (Å²) in [5, 5.41) is 0. The second kappa shape index (κ2) is 6.93. The first-order valence-electron chi connectivity index (χ1n) is 7.95. The van der Waals surface area contributed by atoms with E-state index in [1.165, 1.54) is 32.4 Å². The van der Waals surface area contributed by atoms with E-state index in [0.717, 1.165) is 30.2 Å². The topological polar surface area (TPSA) is 54.5 Å². The molecule has 1 aromatic rings. The van der Waals surface area contributed by atoms with Gasteiger partial charge in [0, 0.05) is 17.6 Å². The van der Waals surface area contributed by atoms with Gasteiger partial charge in [0.1, 0.15) is 4.75 Å². The van der Waals surface area contributed by atoms with Crippen LogP contribution in [0.3, 0.4) is 0 Å². The molecule has 0 N–H and O–H groups in total. The molecule has 0 atom stereocenters. The molecule has 1 fully saturated rings. The van der Waals surface area contributed by atoms with Gasteiger partial charge >= 0.3 is 0 Å². The molecule has 0 unspecified atom stereocenters. The lowest BCUT2D eigenvalue weighted by molar-refractivity contribution is -0.134. The van der Waals surface area contributed by atoms with Crippen molar-refractivity contribution in [2.75, 3.05) is 7.05 Å². The van der Waals surface area contributed by atoms with Crippen molar-refractivity contribution < 1.29 is 13.2 Å². The highest BCUT2D eigenvalue weighted by Gasteiger charge is 2.45. The molecule has 0 saturated heterocycles. The van der Waals surface area contributed by atoms with Gasteiger partial charge in [0.15, 0.2) is 9.84 Å². The van der Waals surface area contributed by atoms with Crippen LogP contribution in [0.4, 0.5) is 0 Å². The Hall–Kier alpha value is -0.880. The highest BCUT2D eigenvalue weighted by molar-refractivity contribution is 9.10. The Labute approximate surface area is 147 Å². The summed E-state index contributed by atoms with van der Waals surface area (Å²) in [6.45, 7) is 3.01. The van der Waals surface area contributed by atoms with Gasteiger partial charge in [-0.1, -0.05) is 35.2 Å². The fourth-order valence-corrected chi connectivity index (χ4v) is 4.80. The Morgan fingerprint density at radius 2 is 1.65 bits per heavy atom. The van der Waals surface area contributed by atoms with Crippen LogP contribution in [0, 0.1) is 0 Å². The number of rotatable bonds is 4. The second-order valence-electron chi connectivity index (χ2n) is 6.68. The van der Waals surface area contributed by atoms with Gasteiger partial charge in [-0.05, 0) is 51.0 Å². The van der Waals surface area contributed by atoms with E-state index in [-0.39, 0.29) is 16.8 Å². The average molecular weight is 402 g/mol. The number of nitrogens with zero attached hydrogens (tertiary/aromatic N) is 1. The molecule has 0 aliphatic heterocycles. The van der Waals surface area contributed by atoms with Crippen molar-refractivity contribution >= 4 is 31.7 Å². The molecule has 1 aliphatic carbocycles. The van der Waals surface area contributed by atoms with E-state index < -0.39 is 14.6 Å². The maximum Gasteiger partial charge on any atom is 0.243 e.